The molecule has 0 aliphatic heterocycles. The average molecular weight is 351 g/mol. The second kappa shape index (κ2) is 16.6. The number of aryl methyl sites for hydroxylation is 1. The molecule has 0 spiro atoms. The van der Waals surface area contributed by atoms with Crippen molar-refractivity contribution in [1.29, 1.82) is 0 Å². The first kappa shape index (κ1) is 22.2. The van der Waals surface area contributed by atoms with Crippen molar-refractivity contribution in [3.63, 3.8) is 0 Å². The number of unbranched alkanes of at least 4 members (excludes halogenated alkanes) is 14. The number of aliphatic hydroxyl groups excluding tert-OH is 1. The number of aliphatic hydroxyl groups is 1. The number of rotatable bonds is 18. The number of imidazole rings is 1. The molecule has 0 aromatic carbocycles. The Labute approximate surface area is 156 Å². The molecule has 25 heavy (non-hydrogen) atoms. The van der Waals surface area contributed by atoms with Crippen molar-refractivity contribution in [2.24, 2.45) is 0 Å². The molecule has 2 N–H and O–H groups in total. The van der Waals surface area contributed by atoms with Crippen molar-refractivity contribution in [3.8, 4) is 0 Å². The lowest BCUT2D eigenvalue weighted by Crippen LogP contribution is -1.92. The molecule has 0 amide bonds. The second-order valence-corrected chi connectivity index (χ2v) is 7.53. The molecule has 0 bridgehead atoms. The molecule has 0 aliphatic carbocycles. The number of hydrogen-bond donors (Lipinski definition) is 2. The molecule has 146 valence electrons. The van der Waals surface area contributed by atoms with Crippen LogP contribution in [0.2, 0.25) is 0 Å². The monoisotopic (exact) mass is 350 g/mol. The fourth-order valence-corrected chi connectivity index (χ4v) is 3.44. The highest BCUT2D eigenvalue weighted by molar-refractivity contribution is 5.01. The van der Waals surface area contributed by atoms with Gasteiger partial charge in [0.15, 0.2) is 0 Å². The van der Waals surface area contributed by atoms with Gasteiger partial charge < -0.3 is 10.1 Å². The number of hydrogen-bond acceptors (Lipinski definition) is 2. The lowest BCUT2D eigenvalue weighted by molar-refractivity contribution is 0.298. The Balaban J connectivity index is 1.77. The molecule has 1 rings (SSSR count). The number of nitrogens with one attached hydrogen (secondary N) is 1. The summed E-state index contributed by atoms with van der Waals surface area (Å²) in [6, 6.07) is 0. The van der Waals surface area contributed by atoms with Crippen LogP contribution in [0.5, 0.6) is 0 Å². The van der Waals surface area contributed by atoms with Crippen molar-refractivity contribution in [2.75, 3.05) is 6.61 Å². The molecule has 0 saturated heterocycles. The summed E-state index contributed by atoms with van der Waals surface area (Å²) >= 11 is 0. The van der Waals surface area contributed by atoms with Crippen LogP contribution in [0.4, 0.5) is 0 Å². The lowest BCUT2D eigenvalue weighted by Gasteiger charge is -2.03. The standard InChI is InChI=1S/C22H42N2O/c1-2-3-4-5-6-7-8-9-10-11-12-13-14-15-16-17-22-23-20-21(24-22)18-19-25/h20,25H,2-19H2,1H3,(H,23,24). The van der Waals surface area contributed by atoms with Crippen LogP contribution in [-0.4, -0.2) is 21.7 Å². The minimum absolute atomic E-state index is 0.195. The van der Waals surface area contributed by atoms with Crippen LogP contribution in [0.3, 0.4) is 0 Å². The third kappa shape index (κ3) is 13.1. The summed E-state index contributed by atoms with van der Waals surface area (Å²) < 4.78 is 0. The SMILES string of the molecule is CCCCCCCCCCCCCCCCCc1ncc(CCO)[nH]1. The summed E-state index contributed by atoms with van der Waals surface area (Å²) in [4.78, 5) is 7.66. The Morgan fingerprint density at radius 1 is 0.720 bits per heavy atom. The third-order valence-corrected chi connectivity index (χ3v) is 5.08. The molecule has 1 aromatic heterocycles. The van der Waals surface area contributed by atoms with Crippen LogP contribution < -0.4 is 0 Å². The molecule has 0 radical (unpaired) electrons. The van der Waals surface area contributed by atoms with Crippen molar-refractivity contribution >= 4 is 0 Å². The van der Waals surface area contributed by atoms with Gasteiger partial charge in [-0.2, -0.15) is 0 Å². The molecule has 1 aromatic rings. The molecule has 3 heteroatoms. The highest BCUT2D eigenvalue weighted by Gasteiger charge is 2.00. The summed E-state index contributed by atoms with van der Waals surface area (Å²) in [6.07, 6.45) is 24.7. The molecule has 0 unspecified atom stereocenters. The molecule has 0 atom stereocenters. The van der Waals surface area contributed by atoms with Crippen LogP contribution in [0.15, 0.2) is 6.20 Å². The average Bonchev–Trinajstić information content (AvgIpc) is 3.06. The van der Waals surface area contributed by atoms with E-state index in [0.29, 0.717) is 6.42 Å². The number of H-pyrrole nitrogens is 1. The van der Waals surface area contributed by atoms with Gasteiger partial charge in [-0.05, 0) is 6.42 Å². The van der Waals surface area contributed by atoms with Gasteiger partial charge in [0.2, 0.25) is 0 Å². The molecule has 1 heterocycles. The first-order chi connectivity index (χ1) is 12.4. The molecule has 0 aliphatic rings. The van der Waals surface area contributed by atoms with Gasteiger partial charge in [-0.3, -0.25) is 0 Å². The fourth-order valence-electron chi connectivity index (χ4n) is 3.44. The number of aromatic nitrogens is 2. The van der Waals surface area contributed by atoms with E-state index in [1.54, 1.807) is 0 Å². The largest absolute Gasteiger partial charge is 0.396 e. The maximum atomic E-state index is 8.90. The topological polar surface area (TPSA) is 48.9 Å². The maximum Gasteiger partial charge on any atom is 0.106 e. The Morgan fingerprint density at radius 2 is 1.20 bits per heavy atom. The maximum absolute atomic E-state index is 8.90. The van der Waals surface area contributed by atoms with Gasteiger partial charge in [0.25, 0.3) is 0 Å². The van der Waals surface area contributed by atoms with E-state index in [0.717, 1.165) is 17.9 Å². The van der Waals surface area contributed by atoms with Gasteiger partial charge in [-0.1, -0.05) is 96.8 Å². The summed E-state index contributed by atoms with van der Waals surface area (Å²) in [5.74, 6) is 1.08. The van der Waals surface area contributed by atoms with E-state index < -0.39 is 0 Å². The van der Waals surface area contributed by atoms with E-state index in [1.807, 2.05) is 6.20 Å². The van der Waals surface area contributed by atoms with E-state index in [2.05, 4.69) is 16.9 Å². The molecule has 3 nitrogen and oxygen atoms in total. The quantitative estimate of drug-likeness (QED) is 0.303. The van der Waals surface area contributed by atoms with Gasteiger partial charge in [0.05, 0.1) is 0 Å². The molecular weight excluding hydrogens is 308 g/mol. The van der Waals surface area contributed by atoms with E-state index in [4.69, 9.17) is 5.11 Å². The summed E-state index contributed by atoms with van der Waals surface area (Å²) in [5, 5.41) is 8.90. The predicted octanol–water partition coefficient (Wildman–Crippen LogP) is 6.36. The number of aromatic amines is 1. The highest BCUT2D eigenvalue weighted by atomic mass is 16.3. The first-order valence-corrected chi connectivity index (χ1v) is 11.0. The summed E-state index contributed by atoms with van der Waals surface area (Å²) in [6.45, 7) is 2.48. The zero-order valence-corrected chi connectivity index (χ0v) is 16.7. The Bertz CT molecular complexity index is 389. The first-order valence-electron chi connectivity index (χ1n) is 11.0. The minimum atomic E-state index is 0.195. The number of nitrogens with zero attached hydrogens (tertiary/aromatic N) is 1. The van der Waals surface area contributed by atoms with Crippen LogP contribution in [0.1, 0.15) is 115 Å². The van der Waals surface area contributed by atoms with Gasteiger partial charge in [0.1, 0.15) is 5.82 Å². The van der Waals surface area contributed by atoms with Crippen LogP contribution in [0, 0.1) is 0 Å². The molecular formula is C22H42N2O. The van der Waals surface area contributed by atoms with Gasteiger partial charge in [-0.15, -0.1) is 0 Å². The smallest absolute Gasteiger partial charge is 0.106 e. The van der Waals surface area contributed by atoms with Crippen LogP contribution in [0.25, 0.3) is 0 Å². The van der Waals surface area contributed by atoms with Gasteiger partial charge in [-0.25, -0.2) is 4.98 Å². The lowest BCUT2D eigenvalue weighted by atomic mass is 10.0. The molecule has 0 fully saturated rings. The summed E-state index contributed by atoms with van der Waals surface area (Å²) in [7, 11) is 0. The zero-order chi connectivity index (χ0) is 18.0. The second-order valence-electron chi connectivity index (χ2n) is 7.53. The third-order valence-electron chi connectivity index (χ3n) is 5.08. The zero-order valence-electron chi connectivity index (χ0n) is 16.7. The van der Waals surface area contributed by atoms with Gasteiger partial charge in [0, 0.05) is 31.3 Å². The van der Waals surface area contributed by atoms with Crippen molar-refractivity contribution < 1.29 is 5.11 Å². The minimum Gasteiger partial charge on any atom is -0.396 e. The Hall–Kier alpha value is -0.830. The van der Waals surface area contributed by atoms with Crippen molar-refractivity contribution in [3.05, 3.63) is 17.7 Å². The van der Waals surface area contributed by atoms with Crippen LogP contribution >= 0.6 is 0 Å². The molecule has 0 saturated carbocycles. The predicted molar refractivity (Wildman–Crippen MR) is 108 cm³/mol. The normalized spacial score (nSPS) is 11.3. The van der Waals surface area contributed by atoms with Crippen LogP contribution in [-0.2, 0) is 12.8 Å². The van der Waals surface area contributed by atoms with E-state index in [-0.39, 0.29) is 6.61 Å². The van der Waals surface area contributed by atoms with E-state index >= 15 is 0 Å². The van der Waals surface area contributed by atoms with E-state index in [1.165, 1.54) is 96.3 Å². The Kier molecular flexibility index (Phi) is 14.8. The fraction of sp³-hybridized carbons (Fsp3) is 0.864. The highest BCUT2D eigenvalue weighted by Crippen LogP contribution is 2.13. The van der Waals surface area contributed by atoms with Crippen molar-refractivity contribution in [1.82, 2.24) is 9.97 Å². The summed E-state index contributed by atoms with van der Waals surface area (Å²) in [5.41, 5.74) is 1.05. The van der Waals surface area contributed by atoms with E-state index in [9.17, 15) is 0 Å². The Morgan fingerprint density at radius 3 is 1.68 bits per heavy atom. The van der Waals surface area contributed by atoms with Gasteiger partial charge >= 0.3 is 0 Å². The van der Waals surface area contributed by atoms with Crippen molar-refractivity contribution in [2.45, 2.75) is 116 Å².